The highest BCUT2D eigenvalue weighted by atomic mass is 16.4. The first-order valence-electron chi connectivity index (χ1n) is 9.31. The first kappa shape index (κ1) is 18.9. The number of nitrogens with one attached hydrogen (secondary N) is 1. The summed E-state index contributed by atoms with van der Waals surface area (Å²) in [5.41, 5.74) is 1.08. The minimum absolute atomic E-state index is 0.0354. The number of urea groups is 1. The molecule has 0 radical (unpaired) electrons. The summed E-state index contributed by atoms with van der Waals surface area (Å²) >= 11 is 0. The third-order valence-corrected chi connectivity index (χ3v) is 5.06. The molecule has 2 heterocycles. The van der Waals surface area contributed by atoms with Crippen molar-refractivity contribution in [3.8, 4) is 0 Å². The lowest BCUT2D eigenvalue weighted by Crippen LogP contribution is -2.45. The number of nitrogens with zero attached hydrogens (tertiary/aromatic N) is 3. The Kier molecular flexibility index (Phi) is 6.11. The fourth-order valence-corrected chi connectivity index (χ4v) is 3.61. The van der Waals surface area contributed by atoms with Gasteiger partial charge in [0, 0.05) is 50.9 Å². The van der Waals surface area contributed by atoms with Gasteiger partial charge in [0.25, 0.3) is 0 Å². The zero-order valence-corrected chi connectivity index (χ0v) is 15.5. The molecule has 0 spiro atoms. The number of amides is 2. The smallest absolute Gasteiger partial charge is 0.317 e. The van der Waals surface area contributed by atoms with Gasteiger partial charge in [-0.25, -0.2) is 9.78 Å². The Labute approximate surface area is 159 Å². The van der Waals surface area contributed by atoms with Crippen LogP contribution in [-0.4, -0.2) is 50.7 Å². The van der Waals surface area contributed by atoms with Crippen LogP contribution in [0.25, 0.3) is 0 Å². The number of hydrogen-bond acceptors (Lipinski definition) is 3. The van der Waals surface area contributed by atoms with Crippen molar-refractivity contribution in [3.63, 3.8) is 0 Å². The van der Waals surface area contributed by atoms with Crippen molar-refractivity contribution >= 4 is 12.0 Å². The fraction of sp³-hybridized carbons (Fsp3) is 0.450. The largest absolute Gasteiger partial charge is 0.481 e. The molecule has 7 heteroatoms. The van der Waals surface area contributed by atoms with E-state index in [1.165, 1.54) is 0 Å². The van der Waals surface area contributed by atoms with E-state index >= 15 is 0 Å². The van der Waals surface area contributed by atoms with E-state index in [2.05, 4.69) is 10.3 Å². The van der Waals surface area contributed by atoms with Crippen molar-refractivity contribution in [3.05, 3.63) is 54.1 Å². The molecule has 1 aromatic heterocycles. The van der Waals surface area contributed by atoms with Crippen LogP contribution in [0.15, 0.2) is 42.7 Å². The molecule has 27 heavy (non-hydrogen) atoms. The summed E-state index contributed by atoms with van der Waals surface area (Å²) in [5.74, 6) is 0.387. The Morgan fingerprint density at radius 3 is 2.78 bits per heavy atom. The van der Waals surface area contributed by atoms with Gasteiger partial charge in [-0.3, -0.25) is 4.79 Å². The average molecular weight is 370 g/mol. The predicted octanol–water partition coefficient (Wildman–Crippen LogP) is 2.40. The van der Waals surface area contributed by atoms with Gasteiger partial charge in [-0.2, -0.15) is 0 Å². The summed E-state index contributed by atoms with van der Waals surface area (Å²) in [6.45, 7) is 1.31. The average Bonchev–Trinajstić information content (AvgIpc) is 3.29. The standard InChI is InChI=1S/C20H26N4O3/c1-23-12-10-21-19(23)16-9-11-24(14-16)20(27)22-17(7-8-18(25)26)13-15-5-3-2-4-6-15/h2-6,10,12,16-17H,7-9,11,13-14H2,1H3,(H,22,27)(H,25,26). The second-order valence-corrected chi connectivity index (χ2v) is 7.10. The lowest BCUT2D eigenvalue weighted by Gasteiger charge is -2.23. The molecule has 2 amide bonds. The molecule has 7 nitrogen and oxygen atoms in total. The van der Waals surface area contributed by atoms with Crippen LogP contribution in [-0.2, 0) is 18.3 Å². The highest BCUT2D eigenvalue weighted by Gasteiger charge is 2.30. The summed E-state index contributed by atoms with van der Waals surface area (Å²) in [6.07, 6.45) is 5.65. The van der Waals surface area contributed by atoms with E-state index in [0.717, 1.165) is 17.8 Å². The second kappa shape index (κ2) is 8.70. The van der Waals surface area contributed by atoms with Crippen LogP contribution < -0.4 is 5.32 Å². The third kappa shape index (κ3) is 5.09. The SMILES string of the molecule is Cn1ccnc1C1CCN(C(=O)NC(CCC(=O)O)Cc2ccccc2)C1. The molecule has 144 valence electrons. The summed E-state index contributed by atoms with van der Waals surface area (Å²) in [7, 11) is 1.97. The van der Waals surface area contributed by atoms with Gasteiger partial charge in [-0.15, -0.1) is 0 Å². The van der Waals surface area contributed by atoms with Gasteiger partial charge in [-0.1, -0.05) is 30.3 Å². The number of carboxylic acids is 1. The molecule has 1 fully saturated rings. The molecule has 0 saturated carbocycles. The molecule has 0 aliphatic carbocycles. The topological polar surface area (TPSA) is 87.5 Å². The van der Waals surface area contributed by atoms with Crippen LogP contribution >= 0.6 is 0 Å². The summed E-state index contributed by atoms with van der Waals surface area (Å²) < 4.78 is 2.00. The highest BCUT2D eigenvalue weighted by Crippen LogP contribution is 2.25. The molecule has 1 aliphatic rings. The number of aromatic nitrogens is 2. The zero-order valence-electron chi connectivity index (χ0n) is 15.5. The fourth-order valence-electron chi connectivity index (χ4n) is 3.61. The Morgan fingerprint density at radius 1 is 1.33 bits per heavy atom. The summed E-state index contributed by atoms with van der Waals surface area (Å²) in [4.78, 5) is 29.9. The monoisotopic (exact) mass is 370 g/mol. The molecular formula is C20H26N4O3. The van der Waals surface area contributed by atoms with E-state index < -0.39 is 5.97 Å². The van der Waals surface area contributed by atoms with Crippen LogP contribution in [0.5, 0.6) is 0 Å². The van der Waals surface area contributed by atoms with E-state index in [-0.39, 0.29) is 24.4 Å². The van der Waals surface area contributed by atoms with E-state index in [9.17, 15) is 9.59 Å². The number of carbonyl (C=O) groups is 2. The van der Waals surface area contributed by atoms with Gasteiger partial charge < -0.3 is 19.9 Å². The van der Waals surface area contributed by atoms with Crippen molar-refractivity contribution < 1.29 is 14.7 Å². The quantitative estimate of drug-likeness (QED) is 0.783. The molecule has 2 aromatic rings. The molecule has 1 aromatic carbocycles. The Morgan fingerprint density at radius 2 is 2.11 bits per heavy atom. The van der Waals surface area contributed by atoms with Crippen LogP contribution in [0.1, 0.15) is 36.6 Å². The number of imidazole rings is 1. The minimum atomic E-state index is -0.849. The van der Waals surface area contributed by atoms with Crippen molar-refractivity contribution in [2.24, 2.45) is 7.05 Å². The van der Waals surface area contributed by atoms with E-state index in [1.807, 2.05) is 48.1 Å². The van der Waals surface area contributed by atoms with Gasteiger partial charge in [0.05, 0.1) is 0 Å². The maximum Gasteiger partial charge on any atom is 0.317 e. The zero-order chi connectivity index (χ0) is 19.2. The van der Waals surface area contributed by atoms with Gasteiger partial charge >= 0.3 is 12.0 Å². The Balaban J connectivity index is 1.60. The summed E-state index contributed by atoms with van der Waals surface area (Å²) in [6, 6.07) is 9.49. The van der Waals surface area contributed by atoms with Crippen LogP contribution in [0.4, 0.5) is 4.79 Å². The normalized spacial score (nSPS) is 17.7. The van der Waals surface area contributed by atoms with E-state index in [1.54, 1.807) is 11.1 Å². The number of carbonyl (C=O) groups excluding carboxylic acids is 1. The van der Waals surface area contributed by atoms with Gasteiger partial charge in [0.2, 0.25) is 0 Å². The number of benzene rings is 1. The third-order valence-electron chi connectivity index (χ3n) is 5.06. The number of hydrogen-bond donors (Lipinski definition) is 2. The number of likely N-dealkylation sites (tertiary alicyclic amines) is 1. The lowest BCUT2D eigenvalue weighted by atomic mass is 10.0. The van der Waals surface area contributed by atoms with Crippen LogP contribution in [0, 0.1) is 0 Å². The van der Waals surface area contributed by atoms with Crippen LogP contribution in [0.2, 0.25) is 0 Å². The summed E-state index contributed by atoms with van der Waals surface area (Å²) in [5, 5.41) is 12.0. The van der Waals surface area contributed by atoms with E-state index in [4.69, 9.17) is 5.11 Å². The second-order valence-electron chi connectivity index (χ2n) is 7.10. The predicted molar refractivity (Wildman–Crippen MR) is 101 cm³/mol. The maximum atomic E-state index is 12.7. The Bertz CT molecular complexity index is 775. The number of carboxylic acid groups (broad SMARTS) is 1. The minimum Gasteiger partial charge on any atom is -0.481 e. The molecule has 2 N–H and O–H groups in total. The van der Waals surface area contributed by atoms with E-state index in [0.29, 0.717) is 25.9 Å². The highest BCUT2D eigenvalue weighted by molar-refractivity contribution is 5.75. The molecule has 0 bridgehead atoms. The molecule has 3 rings (SSSR count). The van der Waals surface area contributed by atoms with Crippen molar-refractivity contribution in [1.82, 2.24) is 19.8 Å². The molecule has 2 unspecified atom stereocenters. The molecular weight excluding hydrogens is 344 g/mol. The van der Waals surface area contributed by atoms with Crippen molar-refractivity contribution in [2.75, 3.05) is 13.1 Å². The number of aryl methyl sites for hydroxylation is 1. The van der Waals surface area contributed by atoms with Gasteiger partial charge in [0.1, 0.15) is 5.82 Å². The lowest BCUT2D eigenvalue weighted by molar-refractivity contribution is -0.137. The molecule has 1 saturated heterocycles. The van der Waals surface area contributed by atoms with Gasteiger partial charge in [0.15, 0.2) is 0 Å². The molecule has 1 aliphatic heterocycles. The van der Waals surface area contributed by atoms with Crippen molar-refractivity contribution in [1.29, 1.82) is 0 Å². The van der Waals surface area contributed by atoms with Gasteiger partial charge in [-0.05, 0) is 24.8 Å². The Hall–Kier alpha value is -2.83. The van der Waals surface area contributed by atoms with Crippen molar-refractivity contribution in [2.45, 2.75) is 37.6 Å². The molecule has 2 atom stereocenters. The maximum absolute atomic E-state index is 12.7. The first-order valence-corrected chi connectivity index (χ1v) is 9.31. The number of rotatable bonds is 7. The van der Waals surface area contributed by atoms with Crippen LogP contribution in [0.3, 0.4) is 0 Å². The number of aliphatic carboxylic acids is 1. The first-order chi connectivity index (χ1) is 13.0.